The maximum absolute atomic E-state index is 6.42. The van der Waals surface area contributed by atoms with Crippen LogP contribution in [0.15, 0.2) is 17.1 Å². The first-order chi connectivity index (χ1) is 8.08. The minimum atomic E-state index is 0.378. The van der Waals surface area contributed by atoms with Crippen LogP contribution in [-0.4, -0.2) is 18.9 Å². The lowest BCUT2D eigenvalue weighted by Crippen LogP contribution is -2.21. The van der Waals surface area contributed by atoms with Crippen molar-refractivity contribution in [1.82, 2.24) is 5.32 Å². The molecule has 3 nitrogen and oxygen atoms in total. The second-order valence-corrected chi connectivity index (χ2v) is 5.05. The molecule has 0 aliphatic carbocycles. The van der Waals surface area contributed by atoms with Gasteiger partial charge in [-0.1, -0.05) is 25.4 Å². The minimum absolute atomic E-state index is 0.378. The molecule has 0 bridgehead atoms. The van der Waals surface area contributed by atoms with Crippen molar-refractivity contribution in [2.24, 2.45) is 4.99 Å². The minimum Gasteiger partial charge on any atom is -0.399 e. The molecule has 1 aromatic carbocycles. The molecule has 0 unspecified atom stereocenters. The van der Waals surface area contributed by atoms with Crippen LogP contribution in [0, 0.1) is 0 Å². The van der Waals surface area contributed by atoms with Gasteiger partial charge < -0.3 is 11.1 Å². The molecular weight excluding hydrogens is 234 g/mol. The third-order valence-corrected chi connectivity index (χ3v) is 3.38. The number of rotatable bonds is 3. The standard InChI is InChI=1S/C13H18ClN3/c1-8(2)11-7-10(15)5-9(13(11)14)6-12-16-3-4-17-12/h5,7-8H,3-4,6,15H2,1-2H3,(H,16,17). The number of nitrogens with zero attached hydrogens (tertiary/aromatic N) is 1. The van der Waals surface area contributed by atoms with E-state index < -0.39 is 0 Å². The number of nitrogens with two attached hydrogens (primary N) is 1. The molecule has 0 saturated heterocycles. The summed E-state index contributed by atoms with van der Waals surface area (Å²) in [4.78, 5) is 4.38. The molecule has 92 valence electrons. The number of hydrogen-bond acceptors (Lipinski definition) is 3. The highest BCUT2D eigenvalue weighted by atomic mass is 35.5. The van der Waals surface area contributed by atoms with Gasteiger partial charge in [-0.3, -0.25) is 4.99 Å². The number of amidine groups is 1. The first kappa shape index (κ1) is 12.2. The maximum atomic E-state index is 6.42. The van der Waals surface area contributed by atoms with Gasteiger partial charge in [-0.2, -0.15) is 0 Å². The van der Waals surface area contributed by atoms with Gasteiger partial charge >= 0.3 is 0 Å². The predicted octanol–water partition coefficient (Wildman–Crippen LogP) is 2.59. The van der Waals surface area contributed by atoms with Crippen molar-refractivity contribution >= 4 is 23.1 Å². The lowest BCUT2D eigenvalue weighted by atomic mass is 9.98. The lowest BCUT2D eigenvalue weighted by Gasteiger charge is -2.14. The average molecular weight is 252 g/mol. The highest BCUT2D eigenvalue weighted by Gasteiger charge is 2.14. The van der Waals surface area contributed by atoms with Gasteiger partial charge in [0.1, 0.15) is 5.84 Å². The summed E-state index contributed by atoms with van der Waals surface area (Å²) in [6.07, 6.45) is 0.740. The molecule has 17 heavy (non-hydrogen) atoms. The normalized spacial score (nSPS) is 14.9. The summed E-state index contributed by atoms with van der Waals surface area (Å²) >= 11 is 6.42. The molecule has 0 atom stereocenters. The number of aliphatic imine (C=N–C) groups is 1. The van der Waals surface area contributed by atoms with Gasteiger partial charge in [0.25, 0.3) is 0 Å². The summed E-state index contributed by atoms with van der Waals surface area (Å²) < 4.78 is 0. The summed E-state index contributed by atoms with van der Waals surface area (Å²) in [5, 5.41) is 4.08. The molecule has 1 aliphatic heterocycles. The van der Waals surface area contributed by atoms with E-state index in [1.807, 2.05) is 12.1 Å². The quantitative estimate of drug-likeness (QED) is 0.812. The van der Waals surface area contributed by atoms with Crippen LogP contribution in [-0.2, 0) is 6.42 Å². The van der Waals surface area contributed by atoms with E-state index >= 15 is 0 Å². The van der Waals surface area contributed by atoms with Crippen LogP contribution >= 0.6 is 11.6 Å². The van der Waals surface area contributed by atoms with E-state index in [0.29, 0.717) is 5.92 Å². The largest absolute Gasteiger partial charge is 0.399 e. The Morgan fingerprint density at radius 1 is 1.47 bits per heavy atom. The van der Waals surface area contributed by atoms with Crippen LogP contribution in [0.5, 0.6) is 0 Å². The molecule has 4 heteroatoms. The molecule has 0 aromatic heterocycles. The fourth-order valence-electron chi connectivity index (χ4n) is 2.03. The Bertz CT molecular complexity index is 452. The Morgan fingerprint density at radius 2 is 2.24 bits per heavy atom. The molecule has 0 saturated carbocycles. The fourth-order valence-corrected chi connectivity index (χ4v) is 2.42. The first-order valence-corrected chi connectivity index (χ1v) is 6.30. The summed E-state index contributed by atoms with van der Waals surface area (Å²) in [7, 11) is 0. The third kappa shape index (κ3) is 2.72. The number of nitrogens with one attached hydrogen (secondary N) is 1. The zero-order valence-electron chi connectivity index (χ0n) is 10.3. The molecule has 0 amide bonds. The molecule has 1 aliphatic rings. The van der Waals surface area contributed by atoms with Gasteiger partial charge in [-0.25, -0.2) is 0 Å². The van der Waals surface area contributed by atoms with Crippen molar-refractivity contribution in [3.05, 3.63) is 28.3 Å². The van der Waals surface area contributed by atoms with E-state index in [9.17, 15) is 0 Å². The highest BCUT2D eigenvalue weighted by Crippen LogP contribution is 2.30. The maximum Gasteiger partial charge on any atom is 0.101 e. The van der Waals surface area contributed by atoms with Gasteiger partial charge in [0.05, 0.1) is 6.54 Å². The molecule has 3 N–H and O–H groups in total. The first-order valence-electron chi connectivity index (χ1n) is 5.93. The zero-order valence-corrected chi connectivity index (χ0v) is 11.0. The van der Waals surface area contributed by atoms with Crippen molar-refractivity contribution in [3.8, 4) is 0 Å². The third-order valence-electron chi connectivity index (χ3n) is 2.92. The number of anilines is 1. The van der Waals surface area contributed by atoms with E-state index in [0.717, 1.165) is 47.2 Å². The van der Waals surface area contributed by atoms with Crippen LogP contribution in [0.2, 0.25) is 5.02 Å². The van der Waals surface area contributed by atoms with E-state index in [2.05, 4.69) is 24.2 Å². The molecule has 1 aromatic rings. The van der Waals surface area contributed by atoms with Crippen molar-refractivity contribution in [3.63, 3.8) is 0 Å². The second-order valence-electron chi connectivity index (χ2n) is 4.67. The van der Waals surface area contributed by atoms with E-state index in [1.54, 1.807) is 0 Å². The van der Waals surface area contributed by atoms with Crippen molar-refractivity contribution in [2.75, 3.05) is 18.8 Å². The SMILES string of the molecule is CC(C)c1cc(N)cc(CC2=NCCN2)c1Cl. The number of benzene rings is 1. The van der Waals surface area contributed by atoms with Gasteiger partial charge in [-0.05, 0) is 29.2 Å². The van der Waals surface area contributed by atoms with Crippen LogP contribution in [0.4, 0.5) is 5.69 Å². The van der Waals surface area contributed by atoms with Crippen LogP contribution < -0.4 is 11.1 Å². The van der Waals surface area contributed by atoms with Gasteiger partial charge in [0.15, 0.2) is 0 Å². The van der Waals surface area contributed by atoms with E-state index in [4.69, 9.17) is 17.3 Å². The second kappa shape index (κ2) is 4.96. The smallest absolute Gasteiger partial charge is 0.101 e. The molecule has 0 spiro atoms. The highest BCUT2D eigenvalue weighted by molar-refractivity contribution is 6.32. The Kier molecular flexibility index (Phi) is 3.57. The summed E-state index contributed by atoms with van der Waals surface area (Å²) in [6.45, 7) is 6.02. The predicted molar refractivity (Wildman–Crippen MR) is 74.0 cm³/mol. The summed E-state index contributed by atoms with van der Waals surface area (Å²) in [5.41, 5.74) is 8.86. The van der Waals surface area contributed by atoms with Crippen molar-refractivity contribution in [1.29, 1.82) is 0 Å². The lowest BCUT2D eigenvalue weighted by molar-refractivity contribution is 0.864. The Balaban J connectivity index is 2.32. The topological polar surface area (TPSA) is 50.4 Å². The molecule has 0 fully saturated rings. The number of hydrogen-bond donors (Lipinski definition) is 2. The van der Waals surface area contributed by atoms with E-state index in [-0.39, 0.29) is 0 Å². The van der Waals surface area contributed by atoms with Crippen molar-refractivity contribution in [2.45, 2.75) is 26.2 Å². The fraction of sp³-hybridized carbons (Fsp3) is 0.462. The summed E-state index contributed by atoms with van der Waals surface area (Å²) in [5.74, 6) is 1.38. The van der Waals surface area contributed by atoms with Crippen molar-refractivity contribution < 1.29 is 0 Å². The van der Waals surface area contributed by atoms with Gasteiger partial charge in [-0.15, -0.1) is 0 Å². The van der Waals surface area contributed by atoms with E-state index in [1.165, 1.54) is 0 Å². The zero-order chi connectivity index (χ0) is 12.4. The summed E-state index contributed by atoms with van der Waals surface area (Å²) in [6, 6.07) is 3.90. The average Bonchev–Trinajstić information content (AvgIpc) is 2.75. The Hall–Kier alpha value is -1.22. The molecule has 1 heterocycles. The number of halogens is 1. The van der Waals surface area contributed by atoms with Gasteiger partial charge in [0, 0.05) is 23.7 Å². The van der Waals surface area contributed by atoms with Crippen LogP contribution in [0.3, 0.4) is 0 Å². The Morgan fingerprint density at radius 3 is 2.82 bits per heavy atom. The van der Waals surface area contributed by atoms with Gasteiger partial charge in [0.2, 0.25) is 0 Å². The Labute approximate surface area is 107 Å². The molecular formula is C13H18ClN3. The monoisotopic (exact) mass is 251 g/mol. The van der Waals surface area contributed by atoms with Crippen LogP contribution in [0.1, 0.15) is 30.9 Å². The molecule has 2 rings (SSSR count). The number of nitrogen functional groups attached to an aromatic ring is 1. The molecule has 0 radical (unpaired) electrons. The van der Waals surface area contributed by atoms with Crippen LogP contribution in [0.25, 0.3) is 0 Å².